The fourth-order valence-electron chi connectivity index (χ4n) is 2.03. The molecule has 0 aromatic heterocycles. The zero-order valence-corrected chi connectivity index (χ0v) is 10.6. The minimum atomic E-state index is -0.279. The molecule has 1 saturated carbocycles. The highest BCUT2D eigenvalue weighted by Crippen LogP contribution is 2.43. The molecule has 1 nitrogen and oxygen atoms in total. The molecule has 0 N–H and O–H groups in total. The van der Waals surface area contributed by atoms with E-state index in [4.69, 9.17) is 0 Å². The predicted octanol–water partition coefficient (Wildman–Crippen LogP) is 4.10. The first-order chi connectivity index (χ1) is 7.39. The highest BCUT2D eigenvalue weighted by Gasteiger charge is 2.31. The molecular formula is C15H20O. The molecule has 0 saturated heterocycles. The molecule has 0 unspecified atom stereocenters. The zero-order valence-electron chi connectivity index (χ0n) is 10.6. The number of carbonyl (C=O) groups excluding carboxylic acids is 1. The Balaban J connectivity index is 2.44. The second-order valence-corrected chi connectivity index (χ2v) is 5.94. The Kier molecular flexibility index (Phi) is 2.65. The van der Waals surface area contributed by atoms with Crippen molar-refractivity contribution in [1.82, 2.24) is 0 Å². The molecule has 1 fully saturated rings. The van der Waals surface area contributed by atoms with Crippen molar-refractivity contribution in [3.8, 4) is 0 Å². The van der Waals surface area contributed by atoms with E-state index in [1.165, 1.54) is 24.0 Å². The van der Waals surface area contributed by atoms with Gasteiger partial charge in [0.15, 0.2) is 5.78 Å². The molecule has 2 rings (SSSR count). The lowest BCUT2D eigenvalue weighted by molar-refractivity contribution is 0.0857. The second-order valence-electron chi connectivity index (χ2n) is 5.94. The molecular weight excluding hydrogens is 196 g/mol. The molecule has 16 heavy (non-hydrogen) atoms. The van der Waals surface area contributed by atoms with Crippen LogP contribution in [-0.2, 0) is 0 Å². The van der Waals surface area contributed by atoms with Gasteiger partial charge < -0.3 is 0 Å². The van der Waals surface area contributed by atoms with E-state index in [-0.39, 0.29) is 11.2 Å². The van der Waals surface area contributed by atoms with Gasteiger partial charge in [-0.3, -0.25) is 4.79 Å². The van der Waals surface area contributed by atoms with Crippen LogP contribution in [-0.4, -0.2) is 5.78 Å². The van der Waals surface area contributed by atoms with Crippen LogP contribution in [0.1, 0.15) is 61.0 Å². The van der Waals surface area contributed by atoms with E-state index in [0.29, 0.717) is 5.92 Å². The Bertz CT molecular complexity index is 420. The number of ketones is 1. The summed E-state index contributed by atoms with van der Waals surface area (Å²) in [7, 11) is 0. The van der Waals surface area contributed by atoms with Gasteiger partial charge in [-0.25, -0.2) is 0 Å². The van der Waals surface area contributed by atoms with E-state index in [1.54, 1.807) is 0 Å². The van der Waals surface area contributed by atoms with Gasteiger partial charge in [0.2, 0.25) is 0 Å². The standard InChI is InChI=1S/C15H20O/c1-10-5-8-12(14(16)15(2,3)4)13(9-10)11-6-7-11/h5,8-9,11H,6-7H2,1-4H3. The topological polar surface area (TPSA) is 17.1 Å². The van der Waals surface area contributed by atoms with Crippen molar-refractivity contribution in [3.63, 3.8) is 0 Å². The average Bonchev–Trinajstić information content (AvgIpc) is 2.98. The van der Waals surface area contributed by atoms with Crippen LogP contribution in [0.3, 0.4) is 0 Å². The summed E-state index contributed by atoms with van der Waals surface area (Å²) in [5.41, 5.74) is 3.20. The first-order valence-corrected chi connectivity index (χ1v) is 6.05. The quantitative estimate of drug-likeness (QED) is 0.680. The normalized spacial score (nSPS) is 16.2. The average molecular weight is 216 g/mol. The van der Waals surface area contributed by atoms with Gasteiger partial charge in [-0.15, -0.1) is 0 Å². The van der Waals surface area contributed by atoms with Crippen LogP contribution in [0.5, 0.6) is 0 Å². The zero-order chi connectivity index (χ0) is 11.9. The summed E-state index contributed by atoms with van der Waals surface area (Å²) in [6.07, 6.45) is 2.49. The Morgan fingerprint density at radius 1 is 1.25 bits per heavy atom. The third-order valence-electron chi connectivity index (χ3n) is 3.15. The van der Waals surface area contributed by atoms with Crippen LogP contribution >= 0.6 is 0 Å². The van der Waals surface area contributed by atoms with Gasteiger partial charge >= 0.3 is 0 Å². The minimum absolute atomic E-state index is 0.273. The lowest BCUT2D eigenvalue weighted by atomic mass is 9.83. The van der Waals surface area contributed by atoms with Gasteiger partial charge in [-0.2, -0.15) is 0 Å². The van der Waals surface area contributed by atoms with Gasteiger partial charge in [0.1, 0.15) is 0 Å². The predicted molar refractivity (Wildman–Crippen MR) is 66.9 cm³/mol. The summed E-state index contributed by atoms with van der Waals surface area (Å²) >= 11 is 0. The van der Waals surface area contributed by atoms with Crippen molar-refractivity contribution in [1.29, 1.82) is 0 Å². The summed E-state index contributed by atoms with van der Waals surface area (Å²) < 4.78 is 0. The van der Waals surface area contributed by atoms with Crippen LogP contribution in [0, 0.1) is 12.3 Å². The third kappa shape index (κ3) is 2.18. The van der Waals surface area contributed by atoms with Crippen LogP contribution in [0.4, 0.5) is 0 Å². The largest absolute Gasteiger partial charge is 0.294 e. The van der Waals surface area contributed by atoms with Crippen molar-refractivity contribution < 1.29 is 4.79 Å². The van der Waals surface area contributed by atoms with Gasteiger partial charge in [-0.05, 0) is 31.2 Å². The summed E-state index contributed by atoms with van der Waals surface area (Å²) in [6.45, 7) is 8.07. The maximum absolute atomic E-state index is 12.3. The smallest absolute Gasteiger partial charge is 0.168 e. The van der Waals surface area contributed by atoms with Crippen molar-refractivity contribution in [2.75, 3.05) is 0 Å². The van der Waals surface area contributed by atoms with E-state index in [2.05, 4.69) is 13.0 Å². The summed E-state index contributed by atoms with van der Waals surface area (Å²) in [5, 5.41) is 0. The number of Topliss-reactive ketones (excluding diaryl/α,β-unsaturated/α-hetero) is 1. The molecule has 0 aliphatic heterocycles. The SMILES string of the molecule is Cc1ccc(C(=O)C(C)(C)C)c(C2CC2)c1. The Morgan fingerprint density at radius 2 is 1.88 bits per heavy atom. The molecule has 0 spiro atoms. The van der Waals surface area contributed by atoms with Crippen LogP contribution < -0.4 is 0 Å². The Labute approximate surface area is 97.9 Å². The van der Waals surface area contributed by atoms with Crippen molar-refractivity contribution in [3.05, 3.63) is 34.9 Å². The van der Waals surface area contributed by atoms with Gasteiger partial charge in [-0.1, -0.05) is 44.5 Å². The number of aryl methyl sites for hydroxylation is 1. The molecule has 1 aromatic rings. The molecule has 86 valence electrons. The molecule has 0 radical (unpaired) electrons. The van der Waals surface area contributed by atoms with E-state index in [9.17, 15) is 4.79 Å². The van der Waals surface area contributed by atoms with E-state index >= 15 is 0 Å². The van der Waals surface area contributed by atoms with Crippen molar-refractivity contribution >= 4 is 5.78 Å². The number of rotatable bonds is 2. The highest BCUT2D eigenvalue weighted by atomic mass is 16.1. The highest BCUT2D eigenvalue weighted by molar-refractivity contribution is 6.01. The Hall–Kier alpha value is -1.11. The van der Waals surface area contributed by atoms with Crippen LogP contribution in [0.2, 0.25) is 0 Å². The van der Waals surface area contributed by atoms with Crippen molar-refractivity contribution in [2.45, 2.75) is 46.5 Å². The van der Waals surface area contributed by atoms with Crippen LogP contribution in [0.15, 0.2) is 18.2 Å². The maximum Gasteiger partial charge on any atom is 0.168 e. The first-order valence-electron chi connectivity index (χ1n) is 6.05. The molecule has 0 amide bonds. The molecule has 0 atom stereocenters. The van der Waals surface area contributed by atoms with Crippen molar-refractivity contribution in [2.24, 2.45) is 5.41 Å². The van der Waals surface area contributed by atoms with E-state index < -0.39 is 0 Å². The molecule has 0 heterocycles. The molecule has 1 heteroatoms. The summed E-state index contributed by atoms with van der Waals surface area (Å²) in [6, 6.07) is 6.25. The van der Waals surface area contributed by atoms with Gasteiger partial charge in [0, 0.05) is 11.0 Å². The molecule has 1 aliphatic carbocycles. The lowest BCUT2D eigenvalue weighted by Crippen LogP contribution is -2.21. The van der Waals surface area contributed by atoms with Crippen LogP contribution in [0.25, 0.3) is 0 Å². The fraction of sp³-hybridized carbons (Fsp3) is 0.533. The fourth-order valence-corrected chi connectivity index (χ4v) is 2.03. The summed E-state index contributed by atoms with van der Waals surface area (Å²) in [4.78, 5) is 12.3. The Morgan fingerprint density at radius 3 is 2.38 bits per heavy atom. The maximum atomic E-state index is 12.3. The van der Waals surface area contributed by atoms with Gasteiger partial charge in [0.05, 0.1) is 0 Å². The van der Waals surface area contributed by atoms with E-state index in [1.807, 2.05) is 32.9 Å². The monoisotopic (exact) mass is 216 g/mol. The molecule has 1 aliphatic rings. The number of carbonyl (C=O) groups is 1. The number of hydrogen-bond acceptors (Lipinski definition) is 1. The first kappa shape index (κ1) is 11.4. The molecule has 1 aromatic carbocycles. The van der Waals surface area contributed by atoms with E-state index in [0.717, 1.165) is 5.56 Å². The number of benzene rings is 1. The summed E-state index contributed by atoms with van der Waals surface area (Å²) in [5.74, 6) is 0.913. The second kappa shape index (κ2) is 3.73. The number of hydrogen-bond donors (Lipinski definition) is 0. The minimum Gasteiger partial charge on any atom is -0.294 e. The lowest BCUT2D eigenvalue weighted by Gasteiger charge is -2.19. The third-order valence-corrected chi connectivity index (χ3v) is 3.15. The molecule has 0 bridgehead atoms. The van der Waals surface area contributed by atoms with Gasteiger partial charge in [0.25, 0.3) is 0 Å².